The molecule has 0 bridgehead atoms. The molecule has 1 aliphatic carbocycles. The Kier molecular flexibility index (Phi) is 4.08. The molecule has 2 nitrogen and oxygen atoms in total. The predicted molar refractivity (Wildman–Crippen MR) is 88.7 cm³/mol. The molecule has 0 aliphatic heterocycles. The van der Waals surface area contributed by atoms with E-state index in [2.05, 4.69) is 56.4 Å². The third-order valence-corrected chi connectivity index (χ3v) is 4.61. The first-order valence-electron chi connectivity index (χ1n) is 8.26. The van der Waals surface area contributed by atoms with Crippen molar-refractivity contribution in [1.29, 1.82) is 0 Å². The topological polar surface area (TPSA) is 25.2 Å². The zero-order valence-corrected chi connectivity index (χ0v) is 13.5. The van der Waals surface area contributed by atoms with E-state index in [1.54, 1.807) is 0 Å². The van der Waals surface area contributed by atoms with E-state index in [0.717, 1.165) is 12.1 Å². The van der Waals surface area contributed by atoms with Gasteiger partial charge in [0.05, 0.1) is 0 Å². The molecule has 1 aliphatic rings. The van der Waals surface area contributed by atoms with Crippen LogP contribution in [0.15, 0.2) is 34.7 Å². The molecule has 1 aromatic heterocycles. The third-order valence-electron chi connectivity index (χ3n) is 4.61. The van der Waals surface area contributed by atoms with Gasteiger partial charge in [0.25, 0.3) is 0 Å². The van der Waals surface area contributed by atoms with E-state index in [4.69, 9.17) is 4.42 Å². The molecular formula is C19H27NO. The molecule has 1 fully saturated rings. The first-order chi connectivity index (χ1) is 10.0. The summed E-state index contributed by atoms with van der Waals surface area (Å²) >= 11 is 0. The number of hydrogen-bond acceptors (Lipinski definition) is 2. The van der Waals surface area contributed by atoms with Gasteiger partial charge in [0.2, 0.25) is 0 Å². The summed E-state index contributed by atoms with van der Waals surface area (Å²) in [6.07, 6.45) is 5.25. The van der Waals surface area contributed by atoms with Gasteiger partial charge in [0, 0.05) is 16.8 Å². The average Bonchev–Trinajstić information content (AvgIpc) is 2.88. The Morgan fingerprint density at radius 2 is 1.90 bits per heavy atom. The van der Waals surface area contributed by atoms with Crippen LogP contribution in [-0.2, 0) is 0 Å². The van der Waals surface area contributed by atoms with Crippen LogP contribution in [0, 0.1) is 5.92 Å². The van der Waals surface area contributed by atoms with Crippen LogP contribution >= 0.6 is 0 Å². The lowest BCUT2D eigenvalue weighted by molar-refractivity contribution is 0.248. The smallest absolute Gasteiger partial charge is 0.134 e. The molecule has 2 heteroatoms. The largest absolute Gasteiger partial charge is 0.461 e. The van der Waals surface area contributed by atoms with E-state index < -0.39 is 0 Å². The lowest BCUT2D eigenvalue weighted by Crippen LogP contribution is -2.41. The maximum absolute atomic E-state index is 6.14. The fourth-order valence-corrected chi connectivity index (χ4v) is 3.45. The van der Waals surface area contributed by atoms with Gasteiger partial charge >= 0.3 is 0 Å². The maximum Gasteiger partial charge on any atom is 0.134 e. The van der Waals surface area contributed by atoms with Crippen molar-refractivity contribution in [3.8, 4) is 0 Å². The van der Waals surface area contributed by atoms with Crippen LogP contribution in [0.5, 0.6) is 0 Å². The summed E-state index contributed by atoms with van der Waals surface area (Å²) < 4.78 is 6.14. The standard InChI is InChI=1S/C19H27NO/c1-19(2,3)20-13-15-9-4-6-10-16(15)18-12-14-8-5-7-11-17(14)21-18/h5,7-8,11-12,15-16,20H,4,6,9-10,13H2,1-3H3. The molecule has 0 spiro atoms. The summed E-state index contributed by atoms with van der Waals surface area (Å²) in [5.41, 5.74) is 1.22. The van der Waals surface area contributed by atoms with Crippen molar-refractivity contribution in [3.05, 3.63) is 36.1 Å². The predicted octanol–water partition coefficient (Wildman–Crippen LogP) is 5.09. The average molecular weight is 285 g/mol. The highest BCUT2D eigenvalue weighted by Gasteiger charge is 2.29. The highest BCUT2D eigenvalue weighted by Crippen LogP contribution is 2.39. The van der Waals surface area contributed by atoms with Crippen LogP contribution in [0.25, 0.3) is 11.0 Å². The molecule has 0 amide bonds. The van der Waals surface area contributed by atoms with Crippen LogP contribution in [0.2, 0.25) is 0 Å². The second-order valence-corrected chi connectivity index (χ2v) is 7.47. The SMILES string of the molecule is CC(C)(C)NCC1CCCCC1c1cc2ccccc2o1. The first-order valence-corrected chi connectivity index (χ1v) is 8.26. The van der Waals surface area contributed by atoms with E-state index in [0.29, 0.717) is 11.8 Å². The Bertz CT molecular complexity index is 560. The second-order valence-electron chi connectivity index (χ2n) is 7.47. The Hall–Kier alpha value is -1.28. The second kappa shape index (κ2) is 5.84. The lowest BCUT2D eigenvalue weighted by atomic mass is 9.77. The summed E-state index contributed by atoms with van der Waals surface area (Å²) in [5, 5.41) is 4.92. The number of rotatable bonds is 3. The molecule has 1 N–H and O–H groups in total. The molecular weight excluding hydrogens is 258 g/mol. The molecule has 0 radical (unpaired) electrons. The van der Waals surface area contributed by atoms with Crippen LogP contribution in [0.3, 0.4) is 0 Å². The quantitative estimate of drug-likeness (QED) is 0.849. The number of benzene rings is 1. The number of fused-ring (bicyclic) bond motifs is 1. The lowest BCUT2D eigenvalue weighted by Gasteiger charge is -2.33. The molecule has 3 rings (SSSR count). The molecule has 21 heavy (non-hydrogen) atoms. The molecule has 1 aromatic carbocycles. The van der Waals surface area contributed by atoms with E-state index in [1.807, 2.05) is 0 Å². The Morgan fingerprint density at radius 3 is 2.67 bits per heavy atom. The van der Waals surface area contributed by atoms with E-state index in [-0.39, 0.29) is 5.54 Å². The van der Waals surface area contributed by atoms with Gasteiger partial charge in [-0.2, -0.15) is 0 Å². The number of nitrogens with one attached hydrogen (secondary N) is 1. The van der Waals surface area contributed by atoms with Crippen LogP contribution in [-0.4, -0.2) is 12.1 Å². The van der Waals surface area contributed by atoms with Gasteiger partial charge in [-0.3, -0.25) is 0 Å². The van der Waals surface area contributed by atoms with Gasteiger partial charge in [0.1, 0.15) is 11.3 Å². The first kappa shape index (κ1) is 14.6. The molecule has 114 valence electrons. The summed E-state index contributed by atoms with van der Waals surface area (Å²) in [7, 11) is 0. The Balaban J connectivity index is 1.80. The Morgan fingerprint density at radius 1 is 1.14 bits per heavy atom. The Labute approximate surface area is 127 Å². The van der Waals surface area contributed by atoms with Gasteiger partial charge in [-0.15, -0.1) is 0 Å². The number of hydrogen-bond donors (Lipinski definition) is 1. The van der Waals surface area contributed by atoms with Gasteiger partial charge in [-0.05, 0) is 58.2 Å². The molecule has 1 saturated carbocycles. The van der Waals surface area contributed by atoms with E-state index >= 15 is 0 Å². The van der Waals surface area contributed by atoms with Crippen molar-refractivity contribution < 1.29 is 4.42 Å². The highest BCUT2D eigenvalue weighted by atomic mass is 16.3. The van der Waals surface area contributed by atoms with Gasteiger partial charge in [0.15, 0.2) is 0 Å². The minimum Gasteiger partial charge on any atom is -0.461 e. The highest BCUT2D eigenvalue weighted by molar-refractivity contribution is 5.77. The van der Waals surface area contributed by atoms with E-state index in [9.17, 15) is 0 Å². The summed E-state index contributed by atoms with van der Waals surface area (Å²) in [4.78, 5) is 0. The zero-order valence-electron chi connectivity index (χ0n) is 13.5. The maximum atomic E-state index is 6.14. The molecule has 0 saturated heterocycles. The fraction of sp³-hybridized carbons (Fsp3) is 0.579. The molecule has 2 aromatic rings. The van der Waals surface area contributed by atoms with Crippen molar-refractivity contribution in [2.45, 2.75) is 57.9 Å². The van der Waals surface area contributed by atoms with Gasteiger partial charge < -0.3 is 9.73 Å². The normalized spacial score (nSPS) is 23.6. The zero-order chi connectivity index (χ0) is 14.9. The summed E-state index contributed by atoms with van der Waals surface area (Å²) in [6, 6.07) is 10.6. The van der Waals surface area contributed by atoms with Crippen molar-refractivity contribution in [2.24, 2.45) is 5.92 Å². The number of para-hydroxylation sites is 1. The minimum absolute atomic E-state index is 0.190. The van der Waals surface area contributed by atoms with Crippen molar-refractivity contribution >= 4 is 11.0 Å². The third kappa shape index (κ3) is 3.49. The summed E-state index contributed by atoms with van der Waals surface area (Å²) in [6.45, 7) is 7.81. The van der Waals surface area contributed by atoms with Crippen LogP contribution in [0.4, 0.5) is 0 Å². The molecule has 2 unspecified atom stereocenters. The van der Waals surface area contributed by atoms with Crippen LogP contribution < -0.4 is 5.32 Å². The summed E-state index contributed by atoms with van der Waals surface area (Å²) in [5.74, 6) is 2.45. The van der Waals surface area contributed by atoms with Gasteiger partial charge in [-0.25, -0.2) is 0 Å². The molecule has 2 atom stereocenters. The van der Waals surface area contributed by atoms with Crippen LogP contribution in [0.1, 0.15) is 58.1 Å². The number of furan rings is 1. The monoisotopic (exact) mass is 285 g/mol. The van der Waals surface area contributed by atoms with E-state index in [1.165, 1.54) is 36.8 Å². The fourth-order valence-electron chi connectivity index (χ4n) is 3.45. The van der Waals surface area contributed by atoms with Crippen molar-refractivity contribution in [1.82, 2.24) is 5.32 Å². The molecule has 1 heterocycles. The minimum atomic E-state index is 0.190. The van der Waals surface area contributed by atoms with Gasteiger partial charge in [-0.1, -0.05) is 31.0 Å². The van der Waals surface area contributed by atoms with Crippen molar-refractivity contribution in [3.63, 3.8) is 0 Å². The van der Waals surface area contributed by atoms with Crippen molar-refractivity contribution in [2.75, 3.05) is 6.54 Å².